The molecule has 0 amide bonds. The molecular formula is C14H13F2O3P. The lowest BCUT2D eigenvalue weighted by Crippen LogP contribution is -1.91. The van der Waals surface area contributed by atoms with Gasteiger partial charge in [0.1, 0.15) is 11.6 Å². The summed E-state index contributed by atoms with van der Waals surface area (Å²) in [6.07, 6.45) is 0. The van der Waals surface area contributed by atoms with Crippen molar-refractivity contribution in [2.45, 2.75) is 13.2 Å². The fourth-order valence-electron chi connectivity index (χ4n) is 1.58. The first-order chi connectivity index (χ1) is 9.63. The Kier molecular flexibility index (Phi) is 5.41. The monoisotopic (exact) mass is 298 g/mol. The Morgan fingerprint density at radius 1 is 0.850 bits per heavy atom. The van der Waals surface area contributed by atoms with E-state index in [-0.39, 0.29) is 24.8 Å². The van der Waals surface area contributed by atoms with E-state index in [0.29, 0.717) is 11.1 Å². The minimum atomic E-state index is -2.71. The summed E-state index contributed by atoms with van der Waals surface area (Å²) in [6, 6.07) is 11.6. The molecule has 0 saturated carbocycles. The van der Waals surface area contributed by atoms with Crippen LogP contribution in [0.1, 0.15) is 11.1 Å². The highest BCUT2D eigenvalue weighted by Crippen LogP contribution is 2.27. The van der Waals surface area contributed by atoms with Crippen molar-refractivity contribution < 1.29 is 22.4 Å². The molecule has 0 fully saturated rings. The molecule has 0 unspecified atom stereocenters. The highest BCUT2D eigenvalue weighted by molar-refractivity contribution is 7.33. The average Bonchev–Trinajstić information content (AvgIpc) is 2.43. The van der Waals surface area contributed by atoms with Crippen LogP contribution in [-0.2, 0) is 26.8 Å². The molecule has 0 spiro atoms. The predicted octanol–water partition coefficient (Wildman–Crippen LogP) is 4.09. The highest BCUT2D eigenvalue weighted by Gasteiger charge is 2.03. The van der Waals surface area contributed by atoms with Gasteiger partial charge in [-0.3, -0.25) is 4.57 Å². The van der Waals surface area contributed by atoms with Crippen LogP contribution in [0, 0.1) is 11.6 Å². The van der Waals surface area contributed by atoms with E-state index in [4.69, 9.17) is 9.05 Å². The molecule has 0 atom stereocenters. The van der Waals surface area contributed by atoms with Gasteiger partial charge in [0.25, 0.3) is 0 Å². The Hall–Kier alpha value is -1.55. The first-order valence-electron chi connectivity index (χ1n) is 5.92. The Morgan fingerprint density at radius 3 is 1.70 bits per heavy atom. The molecule has 0 bridgehead atoms. The van der Waals surface area contributed by atoms with E-state index in [0.717, 1.165) is 0 Å². The largest absolute Gasteiger partial charge is 0.319 e. The number of rotatable bonds is 6. The summed E-state index contributed by atoms with van der Waals surface area (Å²) in [5, 5.41) is 0. The number of benzene rings is 2. The van der Waals surface area contributed by atoms with E-state index in [9.17, 15) is 13.3 Å². The van der Waals surface area contributed by atoms with E-state index in [1.165, 1.54) is 24.3 Å². The molecule has 6 heteroatoms. The van der Waals surface area contributed by atoms with Crippen LogP contribution in [0.2, 0.25) is 0 Å². The van der Waals surface area contributed by atoms with Gasteiger partial charge in [-0.1, -0.05) is 24.3 Å². The normalized spacial score (nSPS) is 10.9. The molecule has 2 aromatic rings. The van der Waals surface area contributed by atoms with E-state index >= 15 is 0 Å². The Balaban J connectivity index is 1.78. The van der Waals surface area contributed by atoms with Gasteiger partial charge < -0.3 is 9.05 Å². The SMILES string of the molecule is O=[PH](OCc1cccc(F)c1)OCc1cccc(F)c1. The molecule has 20 heavy (non-hydrogen) atoms. The maximum Gasteiger partial charge on any atom is 0.319 e. The quantitative estimate of drug-likeness (QED) is 0.754. The van der Waals surface area contributed by atoms with Crippen molar-refractivity contribution in [3.8, 4) is 0 Å². The summed E-state index contributed by atoms with van der Waals surface area (Å²) in [7, 11) is -2.71. The zero-order chi connectivity index (χ0) is 14.4. The predicted molar refractivity (Wildman–Crippen MR) is 71.4 cm³/mol. The molecule has 3 nitrogen and oxygen atoms in total. The number of hydrogen-bond donors (Lipinski definition) is 0. The molecule has 0 N–H and O–H groups in total. The molecule has 0 saturated heterocycles. The van der Waals surface area contributed by atoms with Crippen LogP contribution in [0.25, 0.3) is 0 Å². The molecule has 0 aromatic heterocycles. The number of halogens is 2. The number of hydrogen-bond acceptors (Lipinski definition) is 3. The lowest BCUT2D eigenvalue weighted by Gasteiger charge is -2.06. The summed E-state index contributed by atoms with van der Waals surface area (Å²) in [5.41, 5.74) is 1.13. The molecule has 0 radical (unpaired) electrons. The van der Waals surface area contributed by atoms with Gasteiger partial charge in [-0.15, -0.1) is 0 Å². The van der Waals surface area contributed by atoms with Gasteiger partial charge in [-0.2, -0.15) is 0 Å². The third-order valence-electron chi connectivity index (χ3n) is 2.49. The fourth-order valence-corrected chi connectivity index (χ4v) is 2.23. The zero-order valence-electron chi connectivity index (χ0n) is 10.5. The van der Waals surface area contributed by atoms with Crippen molar-refractivity contribution in [2.75, 3.05) is 0 Å². The molecule has 0 aliphatic carbocycles. The standard InChI is InChI=1S/C14H13F2O3P/c15-13-5-1-3-11(7-13)9-18-20(17)19-10-12-4-2-6-14(16)8-12/h1-8,20H,9-10H2. The first-order valence-corrected chi connectivity index (χ1v) is 7.14. The summed E-state index contributed by atoms with van der Waals surface area (Å²) < 4.78 is 47.3. The second kappa shape index (κ2) is 7.29. The maximum atomic E-state index is 12.9. The van der Waals surface area contributed by atoms with Crippen molar-refractivity contribution in [2.24, 2.45) is 0 Å². The molecule has 2 rings (SSSR count). The summed E-state index contributed by atoms with van der Waals surface area (Å²) in [6.45, 7) is -0.00257. The van der Waals surface area contributed by atoms with Crippen molar-refractivity contribution in [1.82, 2.24) is 0 Å². The van der Waals surface area contributed by atoms with Crippen molar-refractivity contribution in [3.05, 3.63) is 71.3 Å². The lowest BCUT2D eigenvalue weighted by atomic mass is 10.2. The summed E-state index contributed by atoms with van der Waals surface area (Å²) in [4.78, 5) is 0. The molecule has 2 aromatic carbocycles. The van der Waals surface area contributed by atoms with Crippen molar-refractivity contribution in [3.63, 3.8) is 0 Å². The van der Waals surface area contributed by atoms with Crippen LogP contribution in [0.15, 0.2) is 48.5 Å². The molecule has 0 aliphatic rings. The Morgan fingerprint density at radius 2 is 1.30 bits per heavy atom. The maximum absolute atomic E-state index is 12.9. The third-order valence-corrected chi connectivity index (χ3v) is 3.25. The van der Waals surface area contributed by atoms with Crippen LogP contribution in [-0.4, -0.2) is 0 Å². The van der Waals surface area contributed by atoms with Crippen molar-refractivity contribution >= 4 is 8.25 Å². The second-order valence-electron chi connectivity index (χ2n) is 4.09. The van der Waals surface area contributed by atoms with Crippen LogP contribution < -0.4 is 0 Å². The van der Waals surface area contributed by atoms with E-state index < -0.39 is 8.25 Å². The van der Waals surface area contributed by atoms with Gasteiger partial charge in [-0.05, 0) is 35.4 Å². The van der Waals surface area contributed by atoms with Gasteiger partial charge in [0.15, 0.2) is 0 Å². The lowest BCUT2D eigenvalue weighted by molar-refractivity contribution is 0.212. The molecule has 0 heterocycles. The van der Waals surface area contributed by atoms with E-state index in [1.807, 2.05) is 0 Å². The van der Waals surface area contributed by atoms with Crippen LogP contribution in [0.5, 0.6) is 0 Å². The topological polar surface area (TPSA) is 35.5 Å². The van der Waals surface area contributed by atoms with Gasteiger partial charge in [0.2, 0.25) is 0 Å². The molecular weight excluding hydrogens is 285 g/mol. The van der Waals surface area contributed by atoms with Crippen LogP contribution in [0.3, 0.4) is 0 Å². The molecule has 106 valence electrons. The summed E-state index contributed by atoms with van der Waals surface area (Å²) in [5.74, 6) is -0.766. The van der Waals surface area contributed by atoms with Gasteiger partial charge in [-0.25, -0.2) is 8.78 Å². The van der Waals surface area contributed by atoms with E-state index in [2.05, 4.69) is 0 Å². The van der Waals surface area contributed by atoms with Gasteiger partial charge >= 0.3 is 8.25 Å². The Labute approximate surface area is 116 Å². The smallest absolute Gasteiger partial charge is 0.306 e. The molecule has 0 aliphatic heterocycles. The van der Waals surface area contributed by atoms with Crippen molar-refractivity contribution in [1.29, 1.82) is 0 Å². The van der Waals surface area contributed by atoms with Crippen LogP contribution >= 0.6 is 8.25 Å². The van der Waals surface area contributed by atoms with Gasteiger partial charge in [0, 0.05) is 0 Å². The first kappa shape index (κ1) is 14.9. The Bertz CT molecular complexity index is 553. The van der Waals surface area contributed by atoms with Gasteiger partial charge in [0.05, 0.1) is 13.2 Å². The minimum Gasteiger partial charge on any atom is -0.306 e. The third kappa shape index (κ3) is 4.85. The average molecular weight is 298 g/mol. The minimum absolute atomic E-state index is 0.00128. The zero-order valence-corrected chi connectivity index (χ0v) is 11.5. The fraction of sp³-hybridized carbons (Fsp3) is 0.143. The highest BCUT2D eigenvalue weighted by atomic mass is 31.1. The van der Waals surface area contributed by atoms with Crippen LogP contribution in [0.4, 0.5) is 8.78 Å². The summed E-state index contributed by atoms with van der Waals surface area (Å²) >= 11 is 0. The van der Waals surface area contributed by atoms with E-state index in [1.54, 1.807) is 24.3 Å². The second-order valence-corrected chi connectivity index (χ2v) is 5.16.